The zero-order valence-electron chi connectivity index (χ0n) is 7.05. The summed E-state index contributed by atoms with van der Waals surface area (Å²) in [4.78, 5) is 4.34. The van der Waals surface area contributed by atoms with Gasteiger partial charge in [-0.15, -0.1) is 0 Å². The molecule has 2 heterocycles. The van der Waals surface area contributed by atoms with Gasteiger partial charge in [0.1, 0.15) is 10.4 Å². The average molecular weight is 230 g/mol. The first-order valence-electron chi connectivity index (χ1n) is 4.19. The van der Waals surface area contributed by atoms with E-state index >= 15 is 0 Å². The predicted octanol–water partition coefficient (Wildman–Crippen LogP) is 1.75. The zero-order chi connectivity index (χ0) is 8.72. The number of hydrogen-bond donors (Lipinski definition) is 1. The van der Waals surface area contributed by atoms with Crippen LogP contribution in [0.3, 0.4) is 0 Å². The summed E-state index contributed by atoms with van der Waals surface area (Å²) in [6.45, 7) is 2.00. The summed E-state index contributed by atoms with van der Waals surface area (Å²) in [6.07, 6.45) is 3.46. The van der Waals surface area contributed by atoms with Crippen LogP contribution < -0.4 is 5.73 Å². The number of imidazole rings is 1. The van der Waals surface area contributed by atoms with Gasteiger partial charge in [0.05, 0.1) is 11.9 Å². The summed E-state index contributed by atoms with van der Waals surface area (Å²) in [7, 11) is 0. The standard InChI is InChI=1S/C8H12BrN3/c1-5-11-8(9)6-3-2-4-7(10)12(5)6/h7H,2-4,10H2,1H3. The van der Waals surface area contributed by atoms with Gasteiger partial charge < -0.3 is 10.3 Å². The summed E-state index contributed by atoms with van der Waals surface area (Å²) in [6, 6.07) is 0. The van der Waals surface area contributed by atoms with Gasteiger partial charge in [0, 0.05) is 0 Å². The normalized spacial score (nSPS) is 22.4. The fourth-order valence-electron chi connectivity index (χ4n) is 1.83. The molecule has 1 aliphatic heterocycles. The number of hydrogen-bond acceptors (Lipinski definition) is 2. The van der Waals surface area contributed by atoms with Crippen LogP contribution in [0, 0.1) is 6.92 Å². The largest absolute Gasteiger partial charge is 0.315 e. The lowest BCUT2D eigenvalue weighted by atomic mass is 10.1. The van der Waals surface area contributed by atoms with Crippen LogP contribution in [0.2, 0.25) is 0 Å². The van der Waals surface area contributed by atoms with E-state index in [1.54, 1.807) is 0 Å². The molecule has 12 heavy (non-hydrogen) atoms. The van der Waals surface area contributed by atoms with Crippen molar-refractivity contribution in [2.24, 2.45) is 5.73 Å². The summed E-state index contributed by atoms with van der Waals surface area (Å²) in [5, 5.41) is 0. The van der Waals surface area contributed by atoms with E-state index in [4.69, 9.17) is 5.73 Å². The van der Waals surface area contributed by atoms with Crippen molar-refractivity contribution in [3.05, 3.63) is 16.1 Å². The Bertz CT molecular complexity index is 305. The van der Waals surface area contributed by atoms with Crippen molar-refractivity contribution in [1.82, 2.24) is 9.55 Å². The predicted molar refractivity (Wildman–Crippen MR) is 50.8 cm³/mol. The van der Waals surface area contributed by atoms with E-state index in [0.717, 1.165) is 23.3 Å². The van der Waals surface area contributed by atoms with Crippen LogP contribution in [0.1, 0.15) is 30.5 Å². The van der Waals surface area contributed by atoms with E-state index in [-0.39, 0.29) is 6.17 Å². The van der Waals surface area contributed by atoms with Crippen LogP contribution >= 0.6 is 15.9 Å². The Balaban J connectivity index is 2.55. The van der Waals surface area contributed by atoms with Gasteiger partial charge in [-0.1, -0.05) is 0 Å². The Hall–Kier alpha value is -0.350. The fourth-order valence-corrected chi connectivity index (χ4v) is 2.47. The second-order valence-electron chi connectivity index (χ2n) is 3.23. The SMILES string of the molecule is Cc1nc(Br)c2n1C(N)CCC2. The minimum atomic E-state index is 0.132. The molecule has 66 valence electrons. The van der Waals surface area contributed by atoms with Crippen molar-refractivity contribution >= 4 is 15.9 Å². The van der Waals surface area contributed by atoms with Crippen LogP contribution in [-0.2, 0) is 6.42 Å². The summed E-state index contributed by atoms with van der Waals surface area (Å²) >= 11 is 3.44. The molecule has 4 heteroatoms. The molecule has 1 aromatic rings. The zero-order valence-corrected chi connectivity index (χ0v) is 8.63. The van der Waals surface area contributed by atoms with Crippen molar-refractivity contribution in [2.45, 2.75) is 32.4 Å². The number of aryl methyl sites for hydroxylation is 1. The molecule has 0 saturated carbocycles. The van der Waals surface area contributed by atoms with E-state index in [9.17, 15) is 0 Å². The Morgan fingerprint density at radius 1 is 1.67 bits per heavy atom. The third-order valence-electron chi connectivity index (χ3n) is 2.38. The van der Waals surface area contributed by atoms with Crippen LogP contribution in [0.5, 0.6) is 0 Å². The number of rotatable bonds is 0. The highest BCUT2D eigenvalue weighted by molar-refractivity contribution is 9.10. The molecule has 0 radical (unpaired) electrons. The van der Waals surface area contributed by atoms with Gasteiger partial charge in [-0.05, 0) is 42.1 Å². The smallest absolute Gasteiger partial charge is 0.127 e. The lowest BCUT2D eigenvalue weighted by molar-refractivity contribution is 0.406. The van der Waals surface area contributed by atoms with Crippen molar-refractivity contribution in [2.75, 3.05) is 0 Å². The lowest BCUT2D eigenvalue weighted by Crippen LogP contribution is -2.25. The van der Waals surface area contributed by atoms with Crippen LogP contribution in [0.25, 0.3) is 0 Å². The number of fused-ring (bicyclic) bond motifs is 1. The average Bonchev–Trinajstić information content (AvgIpc) is 2.29. The molecule has 2 rings (SSSR count). The maximum absolute atomic E-state index is 5.96. The van der Waals surface area contributed by atoms with Gasteiger partial charge in [0.2, 0.25) is 0 Å². The maximum atomic E-state index is 5.96. The first-order chi connectivity index (χ1) is 5.70. The molecule has 1 unspecified atom stereocenters. The summed E-state index contributed by atoms with van der Waals surface area (Å²) < 4.78 is 3.10. The van der Waals surface area contributed by atoms with E-state index < -0.39 is 0 Å². The third-order valence-corrected chi connectivity index (χ3v) is 3.02. The van der Waals surface area contributed by atoms with Crippen LogP contribution in [-0.4, -0.2) is 9.55 Å². The van der Waals surface area contributed by atoms with Gasteiger partial charge in [-0.2, -0.15) is 0 Å². The van der Waals surface area contributed by atoms with E-state index in [0.29, 0.717) is 0 Å². The Kier molecular flexibility index (Phi) is 1.96. The van der Waals surface area contributed by atoms with Crippen molar-refractivity contribution in [1.29, 1.82) is 0 Å². The van der Waals surface area contributed by atoms with Gasteiger partial charge in [0.15, 0.2) is 0 Å². The Morgan fingerprint density at radius 3 is 3.08 bits per heavy atom. The first kappa shape index (κ1) is 8.26. The van der Waals surface area contributed by atoms with Crippen molar-refractivity contribution < 1.29 is 0 Å². The highest BCUT2D eigenvalue weighted by Crippen LogP contribution is 2.28. The molecule has 0 spiro atoms. The second-order valence-corrected chi connectivity index (χ2v) is 3.98. The highest BCUT2D eigenvalue weighted by atomic mass is 79.9. The third kappa shape index (κ3) is 1.10. The number of halogens is 1. The molecule has 0 aliphatic carbocycles. The quantitative estimate of drug-likeness (QED) is 0.737. The van der Waals surface area contributed by atoms with Crippen molar-refractivity contribution in [3.63, 3.8) is 0 Å². The Morgan fingerprint density at radius 2 is 2.42 bits per heavy atom. The lowest BCUT2D eigenvalue weighted by Gasteiger charge is -2.23. The van der Waals surface area contributed by atoms with Gasteiger partial charge in [0.25, 0.3) is 0 Å². The van der Waals surface area contributed by atoms with Gasteiger partial charge in [-0.3, -0.25) is 0 Å². The molecule has 1 atom stereocenters. The molecule has 3 nitrogen and oxygen atoms in total. The number of aromatic nitrogens is 2. The van der Waals surface area contributed by atoms with E-state index in [2.05, 4.69) is 25.5 Å². The molecule has 0 bridgehead atoms. The fraction of sp³-hybridized carbons (Fsp3) is 0.625. The summed E-state index contributed by atoms with van der Waals surface area (Å²) in [5.41, 5.74) is 7.22. The van der Waals surface area contributed by atoms with E-state index in [1.165, 1.54) is 12.1 Å². The molecule has 0 amide bonds. The molecule has 1 aliphatic rings. The van der Waals surface area contributed by atoms with Crippen LogP contribution in [0.4, 0.5) is 0 Å². The summed E-state index contributed by atoms with van der Waals surface area (Å²) in [5.74, 6) is 1.02. The second kappa shape index (κ2) is 2.85. The minimum Gasteiger partial charge on any atom is -0.315 e. The Labute approximate surface area is 80.1 Å². The molecule has 0 saturated heterocycles. The minimum absolute atomic E-state index is 0.132. The molecular weight excluding hydrogens is 218 g/mol. The monoisotopic (exact) mass is 229 g/mol. The van der Waals surface area contributed by atoms with Crippen LogP contribution in [0.15, 0.2) is 4.60 Å². The molecule has 0 aromatic carbocycles. The molecule has 1 aromatic heterocycles. The number of nitrogens with two attached hydrogens (primary N) is 1. The topological polar surface area (TPSA) is 43.8 Å². The van der Waals surface area contributed by atoms with E-state index in [1.807, 2.05) is 6.92 Å². The first-order valence-corrected chi connectivity index (χ1v) is 4.98. The maximum Gasteiger partial charge on any atom is 0.127 e. The van der Waals surface area contributed by atoms with Gasteiger partial charge in [-0.25, -0.2) is 4.98 Å². The number of nitrogens with zero attached hydrogens (tertiary/aromatic N) is 2. The molecular formula is C8H12BrN3. The van der Waals surface area contributed by atoms with Gasteiger partial charge >= 0.3 is 0 Å². The molecule has 0 fully saturated rings. The van der Waals surface area contributed by atoms with Crippen molar-refractivity contribution in [3.8, 4) is 0 Å². The highest BCUT2D eigenvalue weighted by Gasteiger charge is 2.21. The molecule has 2 N–H and O–H groups in total.